The van der Waals surface area contributed by atoms with Crippen LogP contribution in [0.4, 0.5) is 18.9 Å². The molecule has 4 rings (SSSR count). The molecule has 2 atom stereocenters. The van der Waals surface area contributed by atoms with Crippen LogP contribution in [0.25, 0.3) is 0 Å². The smallest absolute Gasteiger partial charge is 0.231 e. The Morgan fingerprint density at radius 1 is 0.912 bits per heavy atom. The summed E-state index contributed by atoms with van der Waals surface area (Å²) in [6, 6.07) is 11.4. The van der Waals surface area contributed by atoms with E-state index in [9.17, 15) is 22.8 Å². The summed E-state index contributed by atoms with van der Waals surface area (Å²) < 4.78 is 39.5. The number of Topliss-reactive ketones (excluding diaryl/α,β-unsaturated/α-hetero) is 1. The number of nitrogens with one attached hydrogen (secondary N) is 1. The fraction of sp³-hybridized carbons (Fsp3) is 0.167. The van der Waals surface area contributed by atoms with Crippen LogP contribution in [0.2, 0.25) is 10.0 Å². The monoisotopic (exact) mass is 545 g/mol. The third-order valence-corrected chi connectivity index (χ3v) is 7.13. The molecule has 176 valence electrons. The topological polar surface area (TPSA) is 46.2 Å². The van der Waals surface area contributed by atoms with Gasteiger partial charge in [0.2, 0.25) is 5.91 Å². The van der Waals surface area contributed by atoms with Crippen molar-refractivity contribution in [1.29, 1.82) is 0 Å². The fourth-order valence-electron chi connectivity index (χ4n) is 3.74. The number of alkyl halides is 2. The summed E-state index contributed by atoms with van der Waals surface area (Å²) in [5, 5.41) is 1.96. The van der Waals surface area contributed by atoms with E-state index in [2.05, 4.69) is 5.32 Å². The number of hydrogen-bond donors (Lipinski definition) is 1. The van der Waals surface area contributed by atoms with Crippen LogP contribution < -0.4 is 5.32 Å². The molecule has 0 spiro atoms. The summed E-state index contributed by atoms with van der Waals surface area (Å²) in [7, 11) is 0. The fourth-order valence-corrected chi connectivity index (χ4v) is 4.97. The van der Waals surface area contributed by atoms with E-state index in [1.807, 2.05) is 0 Å². The minimum absolute atomic E-state index is 0.0266. The summed E-state index contributed by atoms with van der Waals surface area (Å²) in [5.41, 5.74) is 0.794. The molecule has 3 aromatic carbocycles. The number of amides is 1. The van der Waals surface area contributed by atoms with Crippen LogP contribution in [0.15, 0.2) is 54.6 Å². The molecular formula is C24H14Cl4F3NO2. The molecule has 0 radical (unpaired) electrons. The van der Waals surface area contributed by atoms with Gasteiger partial charge in [-0.25, -0.2) is 13.2 Å². The molecule has 1 N–H and O–H groups in total. The lowest BCUT2D eigenvalue weighted by molar-refractivity contribution is -0.117. The molecule has 1 amide bonds. The van der Waals surface area contributed by atoms with E-state index in [1.165, 1.54) is 42.5 Å². The highest BCUT2D eigenvalue weighted by Gasteiger charge is 2.67. The average molecular weight is 547 g/mol. The first-order valence-electron chi connectivity index (χ1n) is 9.89. The van der Waals surface area contributed by atoms with Crippen LogP contribution in [0, 0.1) is 23.4 Å². The van der Waals surface area contributed by atoms with Crippen molar-refractivity contribution in [2.24, 2.45) is 5.92 Å². The molecule has 1 fully saturated rings. The minimum Gasteiger partial charge on any atom is -0.326 e. The lowest BCUT2D eigenvalue weighted by atomic mass is 10.0. The Morgan fingerprint density at radius 3 is 2.24 bits per heavy atom. The molecule has 3 nitrogen and oxygen atoms in total. The number of rotatable bonds is 6. The summed E-state index contributed by atoms with van der Waals surface area (Å²) >= 11 is 24.4. The van der Waals surface area contributed by atoms with Crippen LogP contribution in [-0.4, -0.2) is 16.0 Å². The molecule has 1 aliphatic rings. The maximum absolute atomic E-state index is 14.4. The number of halogens is 7. The molecule has 0 aliphatic heterocycles. The van der Waals surface area contributed by atoms with Gasteiger partial charge in [0.25, 0.3) is 0 Å². The first-order chi connectivity index (χ1) is 16.0. The molecule has 2 unspecified atom stereocenters. The second-order valence-corrected chi connectivity index (χ2v) is 10.1. The lowest BCUT2D eigenvalue weighted by Crippen LogP contribution is -2.18. The number of benzene rings is 3. The van der Waals surface area contributed by atoms with Gasteiger partial charge in [-0.15, -0.1) is 23.2 Å². The van der Waals surface area contributed by atoms with Gasteiger partial charge in [-0.1, -0.05) is 41.4 Å². The number of anilines is 1. The van der Waals surface area contributed by atoms with Gasteiger partial charge in [-0.05, 0) is 47.5 Å². The third-order valence-electron chi connectivity index (χ3n) is 5.51. The van der Waals surface area contributed by atoms with Crippen LogP contribution in [-0.2, 0) is 11.2 Å². The largest absolute Gasteiger partial charge is 0.326 e. The summed E-state index contributed by atoms with van der Waals surface area (Å²) in [5.74, 6) is -4.77. The Morgan fingerprint density at radius 2 is 1.59 bits per heavy atom. The first kappa shape index (κ1) is 24.9. The third kappa shape index (κ3) is 4.91. The predicted molar refractivity (Wildman–Crippen MR) is 127 cm³/mol. The Bertz CT molecular complexity index is 1300. The highest BCUT2D eigenvalue weighted by atomic mass is 35.5. The van der Waals surface area contributed by atoms with Crippen molar-refractivity contribution < 1.29 is 22.8 Å². The SMILES string of the molecule is O=C(Cc1ccc(F)cc1)c1cc(NC(=O)C2C(c3ccc(F)c(Cl)c3)C2(Cl)Cl)cc(F)c1Cl. The maximum Gasteiger partial charge on any atom is 0.231 e. The zero-order valence-corrected chi connectivity index (χ0v) is 20.0. The summed E-state index contributed by atoms with van der Waals surface area (Å²) in [6.45, 7) is 0. The quantitative estimate of drug-likeness (QED) is 0.259. The highest BCUT2D eigenvalue weighted by molar-refractivity contribution is 6.53. The van der Waals surface area contributed by atoms with Gasteiger partial charge >= 0.3 is 0 Å². The van der Waals surface area contributed by atoms with Crippen molar-refractivity contribution >= 4 is 63.8 Å². The van der Waals surface area contributed by atoms with E-state index >= 15 is 0 Å². The summed E-state index contributed by atoms with van der Waals surface area (Å²) in [6.07, 6.45) is -0.153. The van der Waals surface area contributed by atoms with E-state index < -0.39 is 50.3 Å². The van der Waals surface area contributed by atoms with Crippen molar-refractivity contribution in [2.75, 3.05) is 5.32 Å². The van der Waals surface area contributed by atoms with E-state index in [0.717, 1.165) is 12.1 Å². The van der Waals surface area contributed by atoms with Crippen LogP contribution >= 0.6 is 46.4 Å². The van der Waals surface area contributed by atoms with E-state index in [0.29, 0.717) is 11.1 Å². The van der Waals surface area contributed by atoms with Crippen LogP contribution in [0.3, 0.4) is 0 Å². The number of hydrogen-bond acceptors (Lipinski definition) is 2. The average Bonchev–Trinajstić information content (AvgIpc) is 3.36. The zero-order valence-electron chi connectivity index (χ0n) is 17.0. The summed E-state index contributed by atoms with van der Waals surface area (Å²) in [4.78, 5) is 25.6. The Hall–Kier alpha value is -2.25. The molecule has 0 saturated heterocycles. The molecule has 0 bridgehead atoms. The molecule has 0 aromatic heterocycles. The van der Waals surface area contributed by atoms with Crippen molar-refractivity contribution in [3.63, 3.8) is 0 Å². The molecule has 3 aromatic rings. The van der Waals surface area contributed by atoms with Gasteiger partial charge in [0.15, 0.2) is 5.78 Å². The molecule has 10 heteroatoms. The van der Waals surface area contributed by atoms with E-state index in [-0.39, 0.29) is 22.7 Å². The normalized spacial score (nSPS) is 18.4. The van der Waals surface area contributed by atoms with Gasteiger partial charge in [-0.3, -0.25) is 9.59 Å². The van der Waals surface area contributed by atoms with E-state index in [1.54, 1.807) is 0 Å². The van der Waals surface area contributed by atoms with Crippen molar-refractivity contribution in [3.8, 4) is 0 Å². The lowest BCUT2D eigenvalue weighted by Gasteiger charge is -2.10. The van der Waals surface area contributed by atoms with Gasteiger partial charge in [0.05, 0.1) is 16.0 Å². The minimum atomic E-state index is -1.49. The second-order valence-electron chi connectivity index (χ2n) is 7.84. The van der Waals surface area contributed by atoms with Crippen molar-refractivity contribution in [3.05, 3.63) is 98.8 Å². The maximum atomic E-state index is 14.4. The van der Waals surface area contributed by atoms with Crippen LogP contribution in [0.1, 0.15) is 27.4 Å². The standard InChI is InChI=1S/C24H14Cl4F3NO2/c25-16-8-12(3-6-17(16)30)20-21(24(20,27)28)23(34)32-14-9-15(22(26)18(31)10-14)19(33)7-11-1-4-13(29)5-2-11/h1-6,8-10,20-21H,7H2,(H,32,34). The van der Waals surface area contributed by atoms with Gasteiger partial charge in [0, 0.05) is 23.6 Å². The number of carbonyl (C=O) groups is 2. The molecule has 34 heavy (non-hydrogen) atoms. The number of carbonyl (C=O) groups excluding carboxylic acids is 2. The van der Waals surface area contributed by atoms with Crippen LogP contribution in [0.5, 0.6) is 0 Å². The van der Waals surface area contributed by atoms with E-state index in [4.69, 9.17) is 46.4 Å². The molecule has 1 saturated carbocycles. The Balaban J connectivity index is 1.54. The Labute approximate surface area is 212 Å². The van der Waals surface area contributed by atoms with Crippen molar-refractivity contribution in [1.82, 2.24) is 0 Å². The first-order valence-corrected chi connectivity index (χ1v) is 11.4. The molecule has 1 aliphatic carbocycles. The predicted octanol–water partition coefficient (Wildman–Crippen LogP) is 7.36. The van der Waals surface area contributed by atoms with Gasteiger partial charge in [0.1, 0.15) is 21.8 Å². The highest BCUT2D eigenvalue weighted by Crippen LogP contribution is 2.65. The zero-order chi connectivity index (χ0) is 24.8. The Kier molecular flexibility index (Phi) is 6.89. The van der Waals surface area contributed by atoms with Gasteiger partial charge < -0.3 is 5.32 Å². The molecular weight excluding hydrogens is 533 g/mol. The number of ketones is 1. The van der Waals surface area contributed by atoms with Gasteiger partial charge in [-0.2, -0.15) is 0 Å². The molecule has 0 heterocycles. The second kappa shape index (κ2) is 9.42. The van der Waals surface area contributed by atoms with Crippen molar-refractivity contribution in [2.45, 2.75) is 16.7 Å².